The minimum atomic E-state index is -3.82. The number of anilines is 2. The van der Waals surface area contributed by atoms with Crippen molar-refractivity contribution in [2.24, 2.45) is 0 Å². The molecule has 6 nitrogen and oxygen atoms in total. The topological polar surface area (TPSA) is 78.5 Å². The van der Waals surface area contributed by atoms with Gasteiger partial charge in [-0.15, -0.1) is 0 Å². The summed E-state index contributed by atoms with van der Waals surface area (Å²) in [6, 6.07) is 12.7. The first-order valence-electron chi connectivity index (χ1n) is 9.09. The van der Waals surface area contributed by atoms with Crippen molar-refractivity contribution in [2.45, 2.75) is 44.7 Å². The van der Waals surface area contributed by atoms with E-state index in [1.54, 1.807) is 12.1 Å². The number of nitrogens with one attached hydrogen (secondary N) is 2. The summed E-state index contributed by atoms with van der Waals surface area (Å²) in [7, 11) is -3.82. The zero-order valence-electron chi connectivity index (χ0n) is 16.4. The number of hydrogen-bond acceptors (Lipinski definition) is 4. The van der Waals surface area contributed by atoms with E-state index in [-0.39, 0.29) is 4.90 Å². The third-order valence-electron chi connectivity index (χ3n) is 4.28. The second-order valence-electron chi connectivity index (χ2n) is 6.71. The molecular formula is C20H26ClN3O3S. The summed E-state index contributed by atoms with van der Waals surface area (Å²) in [6.07, 6.45) is 0. The fraction of sp³-hybridized carbons (Fsp3) is 0.350. The van der Waals surface area contributed by atoms with E-state index in [2.05, 4.69) is 35.7 Å². The summed E-state index contributed by atoms with van der Waals surface area (Å²) < 4.78 is 27.1. The highest BCUT2D eigenvalue weighted by atomic mass is 35.5. The molecule has 0 unspecified atom stereocenters. The summed E-state index contributed by atoms with van der Waals surface area (Å²) in [6.45, 7) is 8.70. The SMILES string of the molecule is CCN(c1ccc(NC(=O)[C@H](C)NS(=O)(=O)c2ccc(Cl)cc2)cc1)C(C)C. The van der Waals surface area contributed by atoms with Crippen LogP contribution in [0.4, 0.5) is 11.4 Å². The van der Waals surface area contributed by atoms with Crippen LogP contribution in [0.1, 0.15) is 27.7 Å². The molecular weight excluding hydrogens is 398 g/mol. The van der Waals surface area contributed by atoms with Gasteiger partial charge in [-0.05, 0) is 76.2 Å². The van der Waals surface area contributed by atoms with E-state index >= 15 is 0 Å². The van der Waals surface area contributed by atoms with Crippen LogP contribution in [0.25, 0.3) is 0 Å². The standard InChI is InChI=1S/C20H26ClN3O3S/c1-5-24(14(2)3)18-10-8-17(9-11-18)22-20(25)15(4)23-28(26,27)19-12-6-16(21)7-13-19/h6-15,23H,5H2,1-4H3,(H,22,25)/t15-/m0/s1. The summed E-state index contributed by atoms with van der Waals surface area (Å²) in [5.41, 5.74) is 1.66. The van der Waals surface area contributed by atoms with Crippen LogP contribution >= 0.6 is 11.6 Å². The molecule has 1 atom stereocenters. The molecule has 2 aromatic rings. The monoisotopic (exact) mass is 423 g/mol. The molecule has 0 saturated heterocycles. The average Bonchev–Trinajstić information content (AvgIpc) is 2.63. The van der Waals surface area contributed by atoms with Crippen molar-refractivity contribution < 1.29 is 13.2 Å². The third kappa shape index (κ3) is 5.70. The van der Waals surface area contributed by atoms with Crippen LogP contribution in [-0.4, -0.2) is 33.0 Å². The maximum absolute atomic E-state index is 12.4. The van der Waals surface area contributed by atoms with Crippen molar-refractivity contribution in [2.75, 3.05) is 16.8 Å². The smallest absolute Gasteiger partial charge is 0.242 e. The third-order valence-corrected chi connectivity index (χ3v) is 6.09. The Labute approximate surface area is 171 Å². The first-order valence-corrected chi connectivity index (χ1v) is 11.0. The van der Waals surface area contributed by atoms with Gasteiger partial charge in [0, 0.05) is 29.0 Å². The van der Waals surface area contributed by atoms with E-state index in [0.717, 1.165) is 12.2 Å². The fourth-order valence-electron chi connectivity index (χ4n) is 2.80. The van der Waals surface area contributed by atoms with Gasteiger partial charge < -0.3 is 10.2 Å². The molecule has 28 heavy (non-hydrogen) atoms. The largest absolute Gasteiger partial charge is 0.369 e. The number of nitrogens with zero attached hydrogens (tertiary/aromatic N) is 1. The van der Waals surface area contributed by atoms with Crippen LogP contribution in [0.15, 0.2) is 53.4 Å². The van der Waals surface area contributed by atoms with Crippen molar-refractivity contribution in [3.63, 3.8) is 0 Å². The highest BCUT2D eigenvalue weighted by Crippen LogP contribution is 2.20. The number of carbonyl (C=O) groups is 1. The molecule has 8 heteroatoms. The minimum Gasteiger partial charge on any atom is -0.369 e. The highest BCUT2D eigenvalue weighted by Gasteiger charge is 2.22. The number of sulfonamides is 1. The van der Waals surface area contributed by atoms with Gasteiger partial charge in [0.25, 0.3) is 0 Å². The molecule has 2 aromatic carbocycles. The van der Waals surface area contributed by atoms with Gasteiger partial charge in [0.2, 0.25) is 15.9 Å². The Morgan fingerprint density at radius 2 is 1.61 bits per heavy atom. The Morgan fingerprint density at radius 1 is 1.04 bits per heavy atom. The van der Waals surface area contributed by atoms with E-state index in [1.165, 1.54) is 31.2 Å². The number of halogens is 1. The van der Waals surface area contributed by atoms with Crippen LogP contribution in [-0.2, 0) is 14.8 Å². The Balaban J connectivity index is 2.03. The quantitative estimate of drug-likeness (QED) is 0.675. The van der Waals surface area contributed by atoms with Crippen LogP contribution in [0, 0.1) is 0 Å². The zero-order chi connectivity index (χ0) is 20.9. The van der Waals surface area contributed by atoms with Crippen LogP contribution in [0.3, 0.4) is 0 Å². The van der Waals surface area contributed by atoms with E-state index in [1.807, 2.05) is 12.1 Å². The summed E-state index contributed by atoms with van der Waals surface area (Å²) in [4.78, 5) is 14.7. The molecule has 0 fully saturated rings. The number of benzene rings is 2. The van der Waals surface area contributed by atoms with Crippen molar-refractivity contribution in [3.05, 3.63) is 53.6 Å². The molecule has 0 heterocycles. The predicted molar refractivity (Wildman–Crippen MR) is 114 cm³/mol. The van der Waals surface area contributed by atoms with Crippen molar-refractivity contribution >= 4 is 38.9 Å². The predicted octanol–water partition coefficient (Wildman–Crippen LogP) is 3.88. The molecule has 152 valence electrons. The normalized spacial score (nSPS) is 12.6. The van der Waals surface area contributed by atoms with Gasteiger partial charge in [-0.1, -0.05) is 11.6 Å². The van der Waals surface area contributed by atoms with Crippen molar-refractivity contribution in [1.82, 2.24) is 4.72 Å². The molecule has 2 N–H and O–H groups in total. The lowest BCUT2D eigenvalue weighted by atomic mass is 10.2. The maximum atomic E-state index is 12.4. The zero-order valence-corrected chi connectivity index (χ0v) is 18.0. The van der Waals surface area contributed by atoms with Crippen LogP contribution < -0.4 is 14.9 Å². The Hall–Kier alpha value is -2.09. The molecule has 0 aliphatic carbocycles. The van der Waals surface area contributed by atoms with E-state index < -0.39 is 22.0 Å². The lowest BCUT2D eigenvalue weighted by Gasteiger charge is -2.27. The first kappa shape index (κ1) is 22.2. The minimum absolute atomic E-state index is 0.0502. The molecule has 1 amide bonds. The van der Waals surface area contributed by atoms with Gasteiger partial charge in [-0.25, -0.2) is 8.42 Å². The Kier molecular flexibility index (Phi) is 7.46. The van der Waals surface area contributed by atoms with Crippen molar-refractivity contribution in [1.29, 1.82) is 0 Å². The fourth-order valence-corrected chi connectivity index (χ4v) is 4.13. The van der Waals surface area contributed by atoms with Gasteiger partial charge in [0.1, 0.15) is 0 Å². The summed E-state index contributed by atoms with van der Waals surface area (Å²) >= 11 is 5.78. The molecule has 0 aliphatic rings. The average molecular weight is 424 g/mol. The Morgan fingerprint density at radius 3 is 2.11 bits per heavy atom. The van der Waals surface area contributed by atoms with Gasteiger partial charge in [0.15, 0.2) is 0 Å². The number of hydrogen-bond donors (Lipinski definition) is 2. The molecule has 0 spiro atoms. The van der Waals surface area contributed by atoms with E-state index in [9.17, 15) is 13.2 Å². The van der Waals surface area contributed by atoms with E-state index in [4.69, 9.17) is 11.6 Å². The highest BCUT2D eigenvalue weighted by molar-refractivity contribution is 7.89. The van der Waals surface area contributed by atoms with Crippen LogP contribution in [0.5, 0.6) is 0 Å². The lowest BCUT2D eigenvalue weighted by Crippen LogP contribution is -2.41. The summed E-state index contributed by atoms with van der Waals surface area (Å²) in [5.74, 6) is -0.443. The second kappa shape index (κ2) is 9.41. The second-order valence-corrected chi connectivity index (χ2v) is 8.86. The molecule has 0 radical (unpaired) electrons. The van der Waals surface area contributed by atoms with Crippen LogP contribution in [0.2, 0.25) is 5.02 Å². The molecule has 0 bridgehead atoms. The molecule has 2 rings (SSSR count). The summed E-state index contributed by atoms with van der Waals surface area (Å²) in [5, 5.41) is 3.17. The van der Waals surface area contributed by atoms with Gasteiger partial charge in [-0.3, -0.25) is 4.79 Å². The number of carbonyl (C=O) groups excluding carboxylic acids is 1. The van der Waals surface area contributed by atoms with Gasteiger partial charge >= 0.3 is 0 Å². The van der Waals surface area contributed by atoms with Gasteiger partial charge in [-0.2, -0.15) is 4.72 Å². The lowest BCUT2D eigenvalue weighted by molar-refractivity contribution is -0.117. The number of rotatable bonds is 8. The van der Waals surface area contributed by atoms with Crippen molar-refractivity contribution in [3.8, 4) is 0 Å². The number of amides is 1. The maximum Gasteiger partial charge on any atom is 0.242 e. The molecule has 0 aromatic heterocycles. The van der Waals surface area contributed by atoms with Gasteiger partial charge in [0.05, 0.1) is 10.9 Å². The first-order chi connectivity index (χ1) is 13.1. The molecule has 0 aliphatic heterocycles. The van der Waals surface area contributed by atoms with E-state index in [0.29, 0.717) is 16.8 Å². The molecule has 0 saturated carbocycles. The Bertz CT molecular complexity index is 897.